The van der Waals surface area contributed by atoms with E-state index in [9.17, 15) is 13.2 Å². The molecule has 0 nitrogen and oxygen atoms in total. The van der Waals surface area contributed by atoms with Crippen molar-refractivity contribution < 1.29 is 13.2 Å². The molecular weight excluding hydrogens is 364 g/mol. The minimum absolute atomic E-state index is 0.289. The molecule has 2 rings (SSSR count). The molecule has 0 aliphatic carbocycles. The smallest absolute Gasteiger partial charge is 0.166 e. The predicted octanol–water partition coefficient (Wildman–Crippen LogP) is 6.48. The number of rotatable bonds is 4. The van der Waals surface area contributed by atoms with Gasteiger partial charge in [0.1, 0.15) is 0 Å². The summed E-state index contributed by atoms with van der Waals surface area (Å²) >= 11 is 16.9. The summed E-state index contributed by atoms with van der Waals surface area (Å²) in [5.41, 5.74) is 1.60. The number of hydrogen-bond acceptors (Lipinski definition) is 1. The molecule has 0 fully saturated rings. The van der Waals surface area contributed by atoms with E-state index in [0.717, 1.165) is 17.2 Å². The lowest BCUT2D eigenvalue weighted by Gasteiger charge is -2.11. The number of aryl methyl sites for hydroxylation is 1. The van der Waals surface area contributed by atoms with Gasteiger partial charge in [0.25, 0.3) is 0 Å². The predicted molar refractivity (Wildman–Crippen MR) is 92.6 cm³/mol. The van der Waals surface area contributed by atoms with Crippen LogP contribution in [0.3, 0.4) is 0 Å². The van der Waals surface area contributed by atoms with E-state index in [1.54, 1.807) is 12.1 Å². The molecule has 0 aromatic heterocycles. The van der Waals surface area contributed by atoms with Crippen LogP contribution < -0.4 is 0 Å². The summed E-state index contributed by atoms with van der Waals surface area (Å²) < 4.78 is 38.6. The molecule has 0 bridgehead atoms. The van der Waals surface area contributed by atoms with Gasteiger partial charge in [0.05, 0.1) is 10.6 Å². The molecule has 6 heteroatoms. The minimum Gasteiger partial charge on any atom is -0.166 e. The molecule has 0 heterocycles. The van der Waals surface area contributed by atoms with Crippen LogP contribution >= 0.6 is 35.4 Å². The summed E-state index contributed by atoms with van der Waals surface area (Å²) in [7, 11) is 0. The van der Waals surface area contributed by atoms with E-state index in [2.05, 4.69) is 0 Å². The van der Waals surface area contributed by atoms with Gasteiger partial charge in [0.2, 0.25) is 0 Å². The van der Waals surface area contributed by atoms with Crippen molar-refractivity contribution in [3.05, 3.63) is 68.7 Å². The Hall–Kier alpha value is -1.10. The van der Waals surface area contributed by atoms with E-state index < -0.39 is 11.7 Å². The molecule has 0 aliphatic heterocycles. The Kier molecular flexibility index (Phi) is 5.71. The number of halogens is 5. The van der Waals surface area contributed by atoms with Crippen molar-refractivity contribution in [2.24, 2.45) is 0 Å². The van der Waals surface area contributed by atoms with Gasteiger partial charge in [-0.1, -0.05) is 53.6 Å². The molecule has 0 spiro atoms. The summed E-state index contributed by atoms with van der Waals surface area (Å²) in [5.74, 6) is 0. The molecule has 0 unspecified atom stereocenters. The average Bonchev–Trinajstić information content (AvgIpc) is 2.44. The first-order valence-electron chi connectivity index (χ1n) is 6.79. The van der Waals surface area contributed by atoms with Gasteiger partial charge in [-0.05, 0) is 41.8 Å². The fourth-order valence-electron chi connectivity index (χ4n) is 2.23. The first-order chi connectivity index (χ1) is 10.7. The zero-order valence-corrected chi connectivity index (χ0v) is 14.5. The molecule has 0 saturated heterocycles. The van der Waals surface area contributed by atoms with Crippen molar-refractivity contribution in [1.29, 1.82) is 0 Å². The van der Waals surface area contributed by atoms with Crippen molar-refractivity contribution in [2.75, 3.05) is 0 Å². The van der Waals surface area contributed by atoms with Gasteiger partial charge in [-0.25, -0.2) is 0 Å². The summed E-state index contributed by atoms with van der Waals surface area (Å²) in [4.78, 5) is 0.655. The molecule has 122 valence electrons. The first kappa shape index (κ1) is 18.2. The van der Waals surface area contributed by atoms with Crippen molar-refractivity contribution in [2.45, 2.75) is 25.9 Å². The van der Waals surface area contributed by atoms with Crippen LogP contribution in [0.25, 0.3) is 0 Å². The highest BCUT2D eigenvalue weighted by Gasteiger charge is 2.33. The number of benzene rings is 2. The van der Waals surface area contributed by atoms with E-state index >= 15 is 0 Å². The van der Waals surface area contributed by atoms with Gasteiger partial charge < -0.3 is 0 Å². The van der Waals surface area contributed by atoms with Crippen LogP contribution in [-0.4, -0.2) is 4.86 Å². The van der Waals surface area contributed by atoms with Crippen molar-refractivity contribution in [3.8, 4) is 0 Å². The van der Waals surface area contributed by atoms with Gasteiger partial charge in [0.15, 0.2) is 0 Å². The second kappa shape index (κ2) is 7.20. The lowest BCUT2D eigenvalue weighted by molar-refractivity contribution is -0.137. The third kappa shape index (κ3) is 4.93. The summed E-state index contributed by atoms with van der Waals surface area (Å²) in [5, 5.41) is 0.368. The maximum absolute atomic E-state index is 12.9. The maximum Gasteiger partial charge on any atom is 0.417 e. The van der Waals surface area contributed by atoms with E-state index in [0.29, 0.717) is 21.9 Å². The average molecular weight is 377 g/mol. The quantitative estimate of drug-likeness (QED) is 0.550. The monoisotopic (exact) mass is 376 g/mol. The SMILES string of the molecule is Cc1cc(CC(=S)Cc2ccc(Cl)c(C(F)(F)F)c2)ccc1Cl. The fraction of sp³-hybridized carbons (Fsp3) is 0.235. The Labute approximate surface area is 148 Å². The molecule has 0 atom stereocenters. The van der Waals surface area contributed by atoms with Crippen molar-refractivity contribution in [1.82, 2.24) is 0 Å². The van der Waals surface area contributed by atoms with Crippen LogP contribution in [0.1, 0.15) is 22.3 Å². The normalized spacial score (nSPS) is 11.6. The van der Waals surface area contributed by atoms with Crippen LogP contribution in [0.4, 0.5) is 13.2 Å². The molecular formula is C17H13Cl2F3S. The highest BCUT2D eigenvalue weighted by atomic mass is 35.5. The van der Waals surface area contributed by atoms with E-state index in [1.807, 2.05) is 19.1 Å². The second-order valence-electron chi connectivity index (χ2n) is 5.29. The van der Waals surface area contributed by atoms with Gasteiger partial charge in [-0.2, -0.15) is 13.2 Å². The molecule has 0 radical (unpaired) electrons. The molecule has 2 aromatic carbocycles. The first-order valence-corrected chi connectivity index (χ1v) is 7.95. The molecule has 2 aromatic rings. The van der Waals surface area contributed by atoms with Crippen molar-refractivity contribution >= 4 is 40.3 Å². The van der Waals surface area contributed by atoms with Gasteiger partial charge in [-0.3, -0.25) is 0 Å². The number of hydrogen-bond donors (Lipinski definition) is 0. The maximum atomic E-state index is 12.9. The standard InChI is InChI=1S/C17H13Cl2F3S/c1-10-6-11(2-4-15(10)18)7-13(23)8-12-3-5-16(19)14(9-12)17(20,21)22/h2-6,9H,7-8H2,1H3. The summed E-state index contributed by atoms with van der Waals surface area (Å²) in [6.07, 6.45) is -3.67. The third-order valence-corrected chi connectivity index (χ3v) is 4.40. The van der Waals surface area contributed by atoms with E-state index in [4.69, 9.17) is 35.4 Å². The van der Waals surface area contributed by atoms with E-state index in [1.165, 1.54) is 6.07 Å². The highest BCUT2D eigenvalue weighted by Crippen LogP contribution is 2.35. The van der Waals surface area contributed by atoms with Crippen LogP contribution in [0.5, 0.6) is 0 Å². The zero-order chi connectivity index (χ0) is 17.2. The molecule has 0 N–H and O–H groups in total. The molecule has 0 saturated carbocycles. The molecule has 0 amide bonds. The van der Waals surface area contributed by atoms with Crippen LogP contribution in [-0.2, 0) is 19.0 Å². The Morgan fingerprint density at radius 2 is 1.48 bits per heavy atom. The topological polar surface area (TPSA) is 0 Å². The van der Waals surface area contributed by atoms with Gasteiger partial charge >= 0.3 is 6.18 Å². The Morgan fingerprint density at radius 1 is 0.957 bits per heavy atom. The van der Waals surface area contributed by atoms with Crippen molar-refractivity contribution in [3.63, 3.8) is 0 Å². The fourth-order valence-corrected chi connectivity index (χ4v) is 2.91. The Morgan fingerprint density at radius 3 is 2.00 bits per heavy atom. The second-order valence-corrected chi connectivity index (χ2v) is 6.68. The lowest BCUT2D eigenvalue weighted by Crippen LogP contribution is -2.09. The summed E-state index contributed by atoms with van der Waals surface area (Å²) in [6.45, 7) is 1.89. The number of alkyl halides is 3. The third-order valence-electron chi connectivity index (χ3n) is 3.36. The van der Waals surface area contributed by atoms with Crippen LogP contribution in [0.2, 0.25) is 10.0 Å². The van der Waals surface area contributed by atoms with Crippen LogP contribution in [0.15, 0.2) is 36.4 Å². The number of thiocarbonyl (C=S) groups is 1. The minimum atomic E-state index is -4.47. The highest BCUT2D eigenvalue weighted by molar-refractivity contribution is 7.80. The molecule has 23 heavy (non-hydrogen) atoms. The largest absolute Gasteiger partial charge is 0.417 e. The van der Waals surface area contributed by atoms with Gasteiger partial charge in [0, 0.05) is 22.7 Å². The lowest BCUT2D eigenvalue weighted by atomic mass is 10.0. The Balaban J connectivity index is 2.12. The van der Waals surface area contributed by atoms with E-state index in [-0.39, 0.29) is 11.4 Å². The van der Waals surface area contributed by atoms with Crippen LogP contribution in [0, 0.1) is 6.92 Å². The Bertz CT molecular complexity index is 739. The summed E-state index contributed by atoms with van der Waals surface area (Å²) in [6, 6.07) is 9.47. The zero-order valence-electron chi connectivity index (χ0n) is 12.2. The van der Waals surface area contributed by atoms with Gasteiger partial charge in [-0.15, -0.1) is 0 Å². The molecule has 0 aliphatic rings.